The Morgan fingerprint density at radius 2 is 2.24 bits per heavy atom. The van der Waals surface area contributed by atoms with Crippen molar-refractivity contribution in [2.75, 3.05) is 13.1 Å². The minimum Gasteiger partial charge on any atom is -0.328 e. The molecule has 0 unspecified atom stereocenters. The third kappa shape index (κ3) is 3.61. The molecule has 0 saturated carbocycles. The highest BCUT2D eigenvalue weighted by atomic mass is 79.9. The van der Waals surface area contributed by atoms with Crippen molar-refractivity contribution in [3.8, 4) is 12.3 Å². The molecule has 0 fully saturated rings. The molecule has 0 bridgehead atoms. The van der Waals surface area contributed by atoms with Crippen molar-refractivity contribution in [1.82, 2.24) is 4.90 Å². The summed E-state index contributed by atoms with van der Waals surface area (Å²) in [6.07, 6.45) is 6.18. The number of carbonyl (C=O) groups is 1. The van der Waals surface area contributed by atoms with E-state index in [0.29, 0.717) is 18.7 Å². The van der Waals surface area contributed by atoms with Crippen LogP contribution in [0.3, 0.4) is 0 Å². The van der Waals surface area contributed by atoms with Gasteiger partial charge in [-0.3, -0.25) is 4.79 Å². The number of benzene rings is 1. The first-order valence-electron chi connectivity index (χ1n) is 5.59. The Bertz CT molecular complexity index is 448. The van der Waals surface area contributed by atoms with Crippen LogP contribution < -0.4 is 0 Å². The van der Waals surface area contributed by atoms with Gasteiger partial charge >= 0.3 is 0 Å². The first-order valence-corrected chi connectivity index (χ1v) is 6.38. The third-order valence-corrected chi connectivity index (χ3v) is 3.34. The second-order valence-electron chi connectivity index (χ2n) is 3.89. The summed E-state index contributed by atoms with van der Waals surface area (Å²) < 4.78 is 0.945. The molecule has 1 aromatic rings. The van der Waals surface area contributed by atoms with E-state index in [0.717, 1.165) is 16.5 Å². The third-order valence-electron chi connectivity index (χ3n) is 2.48. The minimum atomic E-state index is -0.00880. The summed E-state index contributed by atoms with van der Waals surface area (Å²) in [6.45, 7) is 5.07. The largest absolute Gasteiger partial charge is 0.328 e. The summed E-state index contributed by atoms with van der Waals surface area (Å²) in [5, 5.41) is 0. The van der Waals surface area contributed by atoms with Gasteiger partial charge in [0.1, 0.15) is 0 Å². The molecule has 0 aromatic heterocycles. The quantitative estimate of drug-likeness (QED) is 0.781. The van der Waals surface area contributed by atoms with Gasteiger partial charge < -0.3 is 4.90 Å². The van der Waals surface area contributed by atoms with Gasteiger partial charge in [0.05, 0.1) is 6.54 Å². The first kappa shape index (κ1) is 13.8. The molecule has 0 heterocycles. The Kier molecular flexibility index (Phi) is 5.24. The SMILES string of the molecule is C#CCN(CCC)C(=O)c1ccc(C)c(Br)c1. The van der Waals surface area contributed by atoms with E-state index in [1.165, 1.54) is 0 Å². The molecule has 0 atom stereocenters. The van der Waals surface area contributed by atoms with Crippen LogP contribution >= 0.6 is 15.9 Å². The van der Waals surface area contributed by atoms with Crippen molar-refractivity contribution < 1.29 is 4.79 Å². The second kappa shape index (κ2) is 6.46. The van der Waals surface area contributed by atoms with Gasteiger partial charge in [-0.05, 0) is 31.0 Å². The number of nitrogens with zero attached hydrogens (tertiary/aromatic N) is 1. The van der Waals surface area contributed by atoms with Crippen molar-refractivity contribution in [2.24, 2.45) is 0 Å². The standard InChI is InChI=1S/C14H16BrNO/c1-4-8-16(9-5-2)14(17)12-7-6-11(3)13(15)10-12/h1,6-7,10H,5,8-9H2,2-3H3. The Balaban J connectivity index is 2.93. The molecule has 0 saturated heterocycles. The van der Waals surface area contributed by atoms with Crippen LogP contribution in [0.4, 0.5) is 0 Å². The maximum absolute atomic E-state index is 12.2. The van der Waals surface area contributed by atoms with Crippen molar-refractivity contribution in [3.63, 3.8) is 0 Å². The number of halogens is 1. The second-order valence-corrected chi connectivity index (χ2v) is 4.75. The van der Waals surface area contributed by atoms with E-state index >= 15 is 0 Å². The van der Waals surface area contributed by atoms with Crippen molar-refractivity contribution in [2.45, 2.75) is 20.3 Å². The lowest BCUT2D eigenvalue weighted by molar-refractivity contribution is 0.0777. The molecule has 90 valence electrons. The van der Waals surface area contributed by atoms with Gasteiger partial charge in [-0.15, -0.1) is 6.42 Å². The minimum absolute atomic E-state index is 0.00880. The highest BCUT2D eigenvalue weighted by molar-refractivity contribution is 9.10. The lowest BCUT2D eigenvalue weighted by Crippen LogP contribution is -2.32. The maximum Gasteiger partial charge on any atom is 0.254 e. The van der Waals surface area contributed by atoms with E-state index in [1.54, 1.807) is 4.90 Å². The van der Waals surface area contributed by atoms with E-state index in [2.05, 4.69) is 21.9 Å². The Morgan fingerprint density at radius 1 is 1.53 bits per heavy atom. The number of hydrogen-bond acceptors (Lipinski definition) is 1. The molecule has 1 aromatic carbocycles. The average Bonchev–Trinajstić information content (AvgIpc) is 2.31. The molecule has 0 N–H and O–H groups in total. The van der Waals surface area contributed by atoms with Crippen LogP contribution in [-0.4, -0.2) is 23.9 Å². The highest BCUT2D eigenvalue weighted by Crippen LogP contribution is 2.18. The first-order chi connectivity index (χ1) is 8.10. The van der Waals surface area contributed by atoms with E-state index in [4.69, 9.17) is 6.42 Å². The molecular weight excluding hydrogens is 278 g/mol. The average molecular weight is 294 g/mol. The molecule has 0 spiro atoms. The van der Waals surface area contributed by atoms with Gasteiger partial charge in [0.25, 0.3) is 5.91 Å². The molecule has 1 amide bonds. The van der Waals surface area contributed by atoms with Crippen LogP contribution in [0.2, 0.25) is 0 Å². The summed E-state index contributed by atoms with van der Waals surface area (Å²) >= 11 is 3.43. The fourth-order valence-corrected chi connectivity index (χ4v) is 1.92. The van der Waals surface area contributed by atoms with Crippen LogP contribution in [0.1, 0.15) is 29.3 Å². The van der Waals surface area contributed by atoms with Crippen LogP contribution in [0, 0.1) is 19.3 Å². The van der Waals surface area contributed by atoms with Crippen LogP contribution in [0.5, 0.6) is 0 Å². The molecule has 0 aliphatic carbocycles. The Morgan fingerprint density at radius 3 is 2.76 bits per heavy atom. The summed E-state index contributed by atoms with van der Waals surface area (Å²) in [5.74, 6) is 2.51. The predicted molar refractivity (Wildman–Crippen MR) is 73.9 cm³/mol. The van der Waals surface area contributed by atoms with Gasteiger partial charge in [0.2, 0.25) is 0 Å². The maximum atomic E-state index is 12.2. The number of hydrogen-bond donors (Lipinski definition) is 0. The smallest absolute Gasteiger partial charge is 0.254 e. The highest BCUT2D eigenvalue weighted by Gasteiger charge is 2.14. The summed E-state index contributed by atoms with van der Waals surface area (Å²) in [5.41, 5.74) is 1.78. The van der Waals surface area contributed by atoms with Gasteiger partial charge in [-0.1, -0.05) is 34.8 Å². The van der Waals surface area contributed by atoms with Crippen LogP contribution in [0.15, 0.2) is 22.7 Å². The van der Waals surface area contributed by atoms with Gasteiger partial charge in [-0.25, -0.2) is 0 Å². The molecule has 3 heteroatoms. The van der Waals surface area contributed by atoms with Crippen molar-refractivity contribution in [3.05, 3.63) is 33.8 Å². The normalized spacial score (nSPS) is 9.76. The predicted octanol–water partition coefficient (Wildman–Crippen LogP) is 3.24. The lowest BCUT2D eigenvalue weighted by Gasteiger charge is -2.19. The lowest BCUT2D eigenvalue weighted by atomic mass is 10.1. The summed E-state index contributed by atoms with van der Waals surface area (Å²) in [7, 11) is 0. The van der Waals surface area contributed by atoms with E-state index < -0.39 is 0 Å². The van der Waals surface area contributed by atoms with E-state index in [-0.39, 0.29) is 5.91 Å². The van der Waals surface area contributed by atoms with Crippen molar-refractivity contribution in [1.29, 1.82) is 0 Å². The molecule has 0 aliphatic rings. The van der Waals surface area contributed by atoms with Crippen LogP contribution in [0.25, 0.3) is 0 Å². The molecule has 2 nitrogen and oxygen atoms in total. The van der Waals surface area contributed by atoms with E-state index in [1.807, 2.05) is 32.0 Å². The zero-order valence-corrected chi connectivity index (χ0v) is 11.8. The number of carbonyl (C=O) groups excluding carboxylic acids is 1. The van der Waals surface area contributed by atoms with Gasteiger partial charge in [-0.2, -0.15) is 0 Å². The zero-order chi connectivity index (χ0) is 12.8. The molecule has 17 heavy (non-hydrogen) atoms. The molecule has 1 rings (SSSR count). The van der Waals surface area contributed by atoms with Gasteiger partial charge in [0, 0.05) is 16.6 Å². The number of amides is 1. The summed E-state index contributed by atoms with van der Waals surface area (Å²) in [4.78, 5) is 13.9. The Labute approximate surface area is 111 Å². The monoisotopic (exact) mass is 293 g/mol. The van der Waals surface area contributed by atoms with Crippen molar-refractivity contribution >= 4 is 21.8 Å². The fourth-order valence-electron chi connectivity index (χ4n) is 1.54. The molecular formula is C14H16BrNO. The number of aryl methyl sites for hydroxylation is 1. The number of rotatable bonds is 4. The zero-order valence-electron chi connectivity index (χ0n) is 10.2. The summed E-state index contributed by atoms with van der Waals surface area (Å²) in [6, 6.07) is 5.61. The van der Waals surface area contributed by atoms with Crippen LogP contribution in [-0.2, 0) is 0 Å². The number of terminal acetylenes is 1. The Hall–Kier alpha value is -1.27. The fraction of sp³-hybridized carbons (Fsp3) is 0.357. The molecule has 0 radical (unpaired) electrons. The van der Waals surface area contributed by atoms with E-state index in [9.17, 15) is 4.79 Å². The van der Waals surface area contributed by atoms with Gasteiger partial charge in [0.15, 0.2) is 0 Å². The molecule has 0 aliphatic heterocycles. The topological polar surface area (TPSA) is 20.3 Å².